The van der Waals surface area contributed by atoms with Gasteiger partial charge in [0, 0.05) is 13.6 Å². The first-order valence-corrected chi connectivity index (χ1v) is 5.97. The number of nitrogens with zero attached hydrogens (tertiary/aromatic N) is 2. The van der Waals surface area contributed by atoms with Crippen LogP contribution in [0.15, 0.2) is 30.3 Å². The summed E-state index contributed by atoms with van der Waals surface area (Å²) in [5.41, 5.74) is 0.723. The molecule has 0 saturated carbocycles. The molecule has 0 saturated heterocycles. The minimum absolute atomic E-state index is 0.00466. The number of hydrogen-bond donors (Lipinski definition) is 2. The Morgan fingerprint density at radius 3 is 2.35 bits per heavy atom. The van der Waals surface area contributed by atoms with Gasteiger partial charge in [0.2, 0.25) is 0 Å². The molecule has 1 atom stereocenters. The molecule has 0 heterocycles. The van der Waals surface area contributed by atoms with Gasteiger partial charge < -0.3 is 10.2 Å². The minimum Gasteiger partial charge on any atom is -0.465 e. The minimum atomic E-state index is -1.29. The van der Waals surface area contributed by atoms with Crippen molar-refractivity contribution in [1.29, 1.82) is 0 Å². The maximum absolute atomic E-state index is 12.0. The van der Waals surface area contributed by atoms with Gasteiger partial charge in [0.05, 0.1) is 13.7 Å². The lowest BCUT2D eigenvalue weighted by molar-refractivity contribution is -0.175. The lowest BCUT2D eigenvalue weighted by Gasteiger charge is -2.29. The third-order valence-corrected chi connectivity index (χ3v) is 2.86. The summed E-state index contributed by atoms with van der Waals surface area (Å²) in [5.74, 6) is -0.631. The zero-order valence-corrected chi connectivity index (χ0v) is 11.4. The Kier molecular flexibility index (Phi) is 5.95. The topological polar surface area (TPSA) is 90.3 Å². The maximum Gasteiger partial charge on any atom is 0.408 e. The molecule has 1 aromatic carbocycles. The number of likely N-dealkylation sites (N-methyl/N-ethyl adjacent to an activating group) is 1. The fraction of sp³-hybridized carbons (Fsp3) is 0.385. The van der Waals surface area contributed by atoms with E-state index in [1.165, 1.54) is 14.2 Å². The van der Waals surface area contributed by atoms with Gasteiger partial charge in [-0.1, -0.05) is 30.3 Å². The molecule has 0 aromatic heterocycles. The van der Waals surface area contributed by atoms with Crippen LogP contribution < -0.4 is 0 Å². The van der Waals surface area contributed by atoms with Crippen molar-refractivity contribution in [2.75, 3.05) is 20.8 Å². The molecule has 0 unspecified atom stereocenters. The largest absolute Gasteiger partial charge is 0.465 e. The molecule has 1 aromatic rings. The summed E-state index contributed by atoms with van der Waals surface area (Å²) in [6, 6.07) is 7.63. The average Bonchev–Trinajstić information content (AvgIpc) is 2.46. The van der Waals surface area contributed by atoms with E-state index >= 15 is 0 Å². The van der Waals surface area contributed by atoms with Crippen LogP contribution in [-0.4, -0.2) is 59.0 Å². The Balaban J connectivity index is 2.93. The van der Waals surface area contributed by atoms with Crippen LogP contribution in [0, 0.1) is 0 Å². The van der Waals surface area contributed by atoms with Gasteiger partial charge in [-0.15, -0.1) is 0 Å². The highest BCUT2D eigenvalue weighted by atomic mass is 16.7. The number of aliphatic hydroxyl groups excluding tert-OH is 1. The van der Waals surface area contributed by atoms with Gasteiger partial charge in [0.25, 0.3) is 5.91 Å². The van der Waals surface area contributed by atoms with Crippen LogP contribution in [0.2, 0.25) is 0 Å². The summed E-state index contributed by atoms with van der Waals surface area (Å²) in [6.07, 6.45) is -1.29. The van der Waals surface area contributed by atoms with Crippen LogP contribution in [0.3, 0.4) is 0 Å². The lowest BCUT2D eigenvalue weighted by Crippen LogP contribution is -2.51. The number of benzene rings is 1. The predicted octanol–water partition coefficient (Wildman–Crippen LogP) is 0.547. The van der Waals surface area contributed by atoms with E-state index in [1.807, 2.05) is 6.07 Å². The average molecular weight is 282 g/mol. The molecule has 7 nitrogen and oxygen atoms in total. The Bertz CT molecular complexity index is 451. The zero-order valence-electron chi connectivity index (χ0n) is 11.4. The second-order valence-electron chi connectivity index (χ2n) is 4.11. The van der Waals surface area contributed by atoms with Crippen LogP contribution in [0.5, 0.6) is 0 Å². The maximum atomic E-state index is 12.0. The van der Waals surface area contributed by atoms with E-state index in [9.17, 15) is 19.8 Å². The fourth-order valence-electron chi connectivity index (χ4n) is 1.70. The first-order chi connectivity index (χ1) is 9.51. The number of rotatable bonds is 6. The summed E-state index contributed by atoms with van der Waals surface area (Å²) in [4.78, 5) is 28.9. The Hall–Kier alpha value is -2.12. The fourth-order valence-corrected chi connectivity index (χ4v) is 1.70. The Morgan fingerprint density at radius 1 is 1.30 bits per heavy atom. The number of aliphatic hydroxyl groups is 1. The van der Waals surface area contributed by atoms with E-state index in [0.717, 1.165) is 15.5 Å². The normalized spacial score (nSPS) is 11.8. The van der Waals surface area contributed by atoms with E-state index < -0.39 is 24.6 Å². The predicted molar refractivity (Wildman–Crippen MR) is 70.7 cm³/mol. The summed E-state index contributed by atoms with van der Waals surface area (Å²) in [5, 5.41) is 19.5. The number of carbonyl (C=O) groups is 2. The third-order valence-electron chi connectivity index (χ3n) is 2.86. The van der Waals surface area contributed by atoms with Crippen molar-refractivity contribution in [1.82, 2.24) is 9.96 Å². The van der Waals surface area contributed by atoms with Gasteiger partial charge in [-0.2, -0.15) is 0 Å². The second kappa shape index (κ2) is 7.46. The smallest absolute Gasteiger partial charge is 0.408 e. The van der Waals surface area contributed by atoms with Crippen molar-refractivity contribution in [2.24, 2.45) is 0 Å². The molecule has 2 N–H and O–H groups in total. The molecule has 110 valence electrons. The molecule has 1 rings (SSSR count). The van der Waals surface area contributed by atoms with Gasteiger partial charge in [0.15, 0.2) is 0 Å². The lowest BCUT2D eigenvalue weighted by atomic mass is 10.1. The Morgan fingerprint density at radius 2 is 1.90 bits per heavy atom. The van der Waals surface area contributed by atoms with Crippen LogP contribution in [0.4, 0.5) is 4.79 Å². The Labute approximate surface area is 116 Å². The van der Waals surface area contributed by atoms with E-state index in [1.54, 1.807) is 24.3 Å². The standard InChI is InChI=1S/C13H18N2O5/c1-14(20-2)12(17)11(9-16)15(13(18)19)8-10-6-4-3-5-7-10/h3-7,11,16H,8-9H2,1-2H3,(H,18,19)/t11-/m1/s1. The van der Waals surface area contributed by atoms with Gasteiger partial charge >= 0.3 is 6.09 Å². The van der Waals surface area contributed by atoms with Gasteiger partial charge in [-0.05, 0) is 5.56 Å². The van der Waals surface area contributed by atoms with E-state index in [0.29, 0.717) is 0 Å². The van der Waals surface area contributed by atoms with Crippen LogP contribution in [-0.2, 0) is 16.2 Å². The molecular formula is C13H18N2O5. The van der Waals surface area contributed by atoms with Gasteiger partial charge in [-0.3, -0.25) is 14.5 Å². The van der Waals surface area contributed by atoms with Crippen molar-refractivity contribution in [3.05, 3.63) is 35.9 Å². The van der Waals surface area contributed by atoms with E-state index in [-0.39, 0.29) is 6.54 Å². The second-order valence-corrected chi connectivity index (χ2v) is 4.11. The van der Waals surface area contributed by atoms with Crippen molar-refractivity contribution in [3.8, 4) is 0 Å². The molecule has 0 aliphatic carbocycles. The highest BCUT2D eigenvalue weighted by molar-refractivity contribution is 5.84. The summed E-state index contributed by atoms with van der Waals surface area (Å²) in [7, 11) is 2.64. The molecule has 0 aliphatic heterocycles. The van der Waals surface area contributed by atoms with E-state index in [2.05, 4.69) is 0 Å². The molecule has 0 aliphatic rings. The molecule has 0 bridgehead atoms. The highest BCUT2D eigenvalue weighted by Gasteiger charge is 2.31. The number of carbonyl (C=O) groups excluding carboxylic acids is 1. The van der Waals surface area contributed by atoms with Crippen molar-refractivity contribution < 1.29 is 24.6 Å². The molecular weight excluding hydrogens is 264 g/mol. The van der Waals surface area contributed by atoms with Gasteiger partial charge in [0.1, 0.15) is 6.04 Å². The SMILES string of the molecule is CON(C)C(=O)[C@@H](CO)N(Cc1ccccc1)C(=O)O. The number of hydroxylamine groups is 2. The zero-order chi connectivity index (χ0) is 15.1. The van der Waals surface area contributed by atoms with Crippen molar-refractivity contribution >= 4 is 12.0 Å². The quantitative estimate of drug-likeness (QED) is 0.743. The van der Waals surface area contributed by atoms with Crippen LogP contribution >= 0.6 is 0 Å². The molecule has 0 spiro atoms. The van der Waals surface area contributed by atoms with Crippen molar-refractivity contribution in [3.63, 3.8) is 0 Å². The molecule has 0 fully saturated rings. The monoisotopic (exact) mass is 282 g/mol. The molecule has 7 heteroatoms. The number of hydrogen-bond acceptors (Lipinski definition) is 4. The first-order valence-electron chi connectivity index (χ1n) is 5.97. The summed E-state index contributed by atoms with van der Waals surface area (Å²) < 4.78 is 0. The molecule has 20 heavy (non-hydrogen) atoms. The third kappa shape index (κ3) is 3.94. The van der Waals surface area contributed by atoms with Crippen LogP contribution in [0.25, 0.3) is 0 Å². The highest BCUT2D eigenvalue weighted by Crippen LogP contribution is 2.11. The first kappa shape index (κ1) is 15.9. The van der Waals surface area contributed by atoms with Gasteiger partial charge in [-0.25, -0.2) is 9.86 Å². The number of carboxylic acid groups (broad SMARTS) is 1. The molecule has 0 radical (unpaired) electrons. The molecule has 2 amide bonds. The van der Waals surface area contributed by atoms with Crippen LogP contribution in [0.1, 0.15) is 5.56 Å². The summed E-state index contributed by atoms with van der Waals surface area (Å²) >= 11 is 0. The number of amides is 2. The summed E-state index contributed by atoms with van der Waals surface area (Å²) in [6.45, 7) is -0.615. The van der Waals surface area contributed by atoms with E-state index in [4.69, 9.17) is 4.84 Å². The van der Waals surface area contributed by atoms with Crippen molar-refractivity contribution in [2.45, 2.75) is 12.6 Å².